The lowest BCUT2D eigenvalue weighted by atomic mass is 10.2. The Morgan fingerprint density at radius 1 is 1.38 bits per heavy atom. The summed E-state index contributed by atoms with van der Waals surface area (Å²) in [5.41, 5.74) is 0. The Kier molecular flexibility index (Phi) is 5.05. The highest BCUT2D eigenvalue weighted by Gasteiger charge is 2.40. The standard InChI is InChI=1S/C14H25N3O4/c1-3-16-6-4-5-10(16)8-15(2)14(21)17-9-11(18)7-12(17)13(19)20/h10-12,18H,3-9H2,1-2H3,(H,19,20)/t10?,11-,12-/m1/s1. The largest absolute Gasteiger partial charge is 0.480 e. The molecule has 0 bridgehead atoms. The van der Waals surface area contributed by atoms with Crippen molar-refractivity contribution < 1.29 is 19.8 Å². The number of amides is 2. The highest BCUT2D eigenvalue weighted by Crippen LogP contribution is 2.22. The fourth-order valence-electron chi connectivity index (χ4n) is 3.39. The van der Waals surface area contributed by atoms with E-state index in [2.05, 4.69) is 11.8 Å². The SMILES string of the molecule is CCN1CCCC1CN(C)C(=O)N1C[C@H](O)C[C@@H]1C(=O)O. The van der Waals surface area contributed by atoms with Gasteiger partial charge in [-0.25, -0.2) is 9.59 Å². The fourth-order valence-corrected chi connectivity index (χ4v) is 3.39. The second-order valence-electron chi connectivity index (χ2n) is 5.98. The minimum absolute atomic E-state index is 0.0995. The van der Waals surface area contributed by atoms with Crippen molar-refractivity contribution in [2.75, 3.05) is 33.2 Å². The lowest BCUT2D eigenvalue weighted by molar-refractivity contribution is -0.141. The molecule has 7 heteroatoms. The van der Waals surface area contributed by atoms with Crippen molar-refractivity contribution >= 4 is 12.0 Å². The average molecular weight is 299 g/mol. The number of nitrogens with zero attached hydrogens (tertiary/aromatic N) is 3. The van der Waals surface area contributed by atoms with Crippen molar-refractivity contribution in [3.8, 4) is 0 Å². The van der Waals surface area contributed by atoms with Crippen molar-refractivity contribution in [3.05, 3.63) is 0 Å². The summed E-state index contributed by atoms with van der Waals surface area (Å²) in [6.45, 7) is 4.83. The van der Waals surface area contributed by atoms with E-state index >= 15 is 0 Å². The number of aliphatic hydroxyl groups excluding tert-OH is 1. The van der Waals surface area contributed by atoms with E-state index < -0.39 is 18.1 Å². The number of β-amino-alcohol motifs (C(OH)–C–C–N with tert-alkyl or cyclic N) is 1. The maximum Gasteiger partial charge on any atom is 0.326 e. The molecule has 3 atom stereocenters. The molecule has 21 heavy (non-hydrogen) atoms. The summed E-state index contributed by atoms with van der Waals surface area (Å²) in [7, 11) is 1.71. The molecule has 0 aromatic heterocycles. The van der Waals surface area contributed by atoms with Gasteiger partial charge in [0.2, 0.25) is 0 Å². The van der Waals surface area contributed by atoms with Crippen LogP contribution in [0.15, 0.2) is 0 Å². The van der Waals surface area contributed by atoms with Crippen LogP contribution in [-0.2, 0) is 4.79 Å². The number of carbonyl (C=O) groups excluding carboxylic acids is 1. The lowest BCUT2D eigenvalue weighted by Gasteiger charge is -2.31. The third-order valence-electron chi connectivity index (χ3n) is 4.53. The molecule has 2 amide bonds. The molecule has 7 nitrogen and oxygen atoms in total. The van der Waals surface area contributed by atoms with Gasteiger partial charge in [0.05, 0.1) is 6.10 Å². The van der Waals surface area contributed by atoms with E-state index in [-0.39, 0.29) is 19.0 Å². The number of likely N-dealkylation sites (tertiary alicyclic amines) is 2. The van der Waals surface area contributed by atoms with E-state index in [0.29, 0.717) is 12.6 Å². The van der Waals surface area contributed by atoms with Crippen LogP contribution >= 0.6 is 0 Å². The molecule has 2 rings (SSSR count). The Hall–Kier alpha value is -1.34. The highest BCUT2D eigenvalue weighted by molar-refractivity contribution is 5.83. The number of hydrogen-bond acceptors (Lipinski definition) is 4. The Bertz CT molecular complexity index is 404. The molecule has 0 saturated carbocycles. The van der Waals surface area contributed by atoms with Crippen LogP contribution in [0.2, 0.25) is 0 Å². The molecule has 0 aromatic rings. The summed E-state index contributed by atoms with van der Waals surface area (Å²) in [6.07, 6.45) is 1.57. The maximum atomic E-state index is 12.4. The van der Waals surface area contributed by atoms with Gasteiger partial charge in [0.25, 0.3) is 0 Å². The second kappa shape index (κ2) is 6.62. The van der Waals surface area contributed by atoms with Crippen molar-refractivity contribution in [1.82, 2.24) is 14.7 Å². The first-order valence-electron chi connectivity index (χ1n) is 7.60. The summed E-state index contributed by atoms with van der Waals surface area (Å²) in [5.74, 6) is -1.05. The van der Waals surface area contributed by atoms with Crippen LogP contribution in [0.4, 0.5) is 4.79 Å². The molecule has 2 N–H and O–H groups in total. The number of likely N-dealkylation sites (N-methyl/N-ethyl adjacent to an activating group) is 2. The first-order valence-corrected chi connectivity index (χ1v) is 7.60. The number of carboxylic acids is 1. The Morgan fingerprint density at radius 3 is 2.71 bits per heavy atom. The van der Waals surface area contributed by atoms with Crippen molar-refractivity contribution in [2.24, 2.45) is 0 Å². The normalized spacial score (nSPS) is 29.9. The number of urea groups is 1. The van der Waals surface area contributed by atoms with Gasteiger partial charge in [-0.15, -0.1) is 0 Å². The van der Waals surface area contributed by atoms with Gasteiger partial charge >= 0.3 is 12.0 Å². The molecule has 0 radical (unpaired) electrons. The van der Waals surface area contributed by atoms with Gasteiger partial charge in [0.1, 0.15) is 6.04 Å². The fraction of sp³-hybridized carbons (Fsp3) is 0.857. The average Bonchev–Trinajstić information content (AvgIpc) is 3.03. The quantitative estimate of drug-likeness (QED) is 0.766. The molecule has 2 heterocycles. The van der Waals surface area contributed by atoms with Gasteiger partial charge in [0, 0.05) is 32.6 Å². The van der Waals surface area contributed by atoms with Gasteiger partial charge in [-0.3, -0.25) is 4.90 Å². The van der Waals surface area contributed by atoms with E-state index in [9.17, 15) is 14.7 Å². The summed E-state index contributed by atoms with van der Waals surface area (Å²) in [5, 5.41) is 18.8. The Balaban J connectivity index is 1.97. The summed E-state index contributed by atoms with van der Waals surface area (Å²) < 4.78 is 0. The number of carboxylic acid groups (broad SMARTS) is 1. The summed E-state index contributed by atoms with van der Waals surface area (Å²) >= 11 is 0. The second-order valence-corrected chi connectivity index (χ2v) is 5.98. The predicted octanol–water partition coefficient (Wildman–Crippen LogP) is 0.0423. The Labute approximate surface area is 125 Å². The third-order valence-corrected chi connectivity index (χ3v) is 4.53. The van der Waals surface area contributed by atoms with Crippen LogP contribution in [-0.4, -0.2) is 88.3 Å². The molecule has 2 aliphatic heterocycles. The zero-order valence-corrected chi connectivity index (χ0v) is 12.7. The predicted molar refractivity (Wildman–Crippen MR) is 77.0 cm³/mol. The molecule has 0 aliphatic carbocycles. The molecule has 2 fully saturated rings. The van der Waals surface area contributed by atoms with Crippen LogP contribution in [0.1, 0.15) is 26.2 Å². The van der Waals surface area contributed by atoms with E-state index in [1.165, 1.54) is 4.90 Å². The van der Waals surface area contributed by atoms with Crippen molar-refractivity contribution in [3.63, 3.8) is 0 Å². The van der Waals surface area contributed by atoms with E-state index in [1.807, 2.05) is 0 Å². The molecule has 2 aliphatic rings. The highest BCUT2D eigenvalue weighted by atomic mass is 16.4. The van der Waals surface area contributed by atoms with Crippen molar-refractivity contribution in [1.29, 1.82) is 0 Å². The smallest absolute Gasteiger partial charge is 0.326 e. The molecule has 2 saturated heterocycles. The molecular weight excluding hydrogens is 274 g/mol. The topological polar surface area (TPSA) is 84.3 Å². The summed E-state index contributed by atoms with van der Waals surface area (Å²) in [6, 6.07) is -0.873. The monoisotopic (exact) mass is 299 g/mol. The zero-order valence-electron chi connectivity index (χ0n) is 12.7. The van der Waals surface area contributed by atoms with Crippen LogP contribution < -0.4 is 0 Å². The zero-order chi connectivity index (χ0) is 15.6. The maximum absolute atomic E-state index is 12.4. The van der Waals surface area contributed by atoms with E-state index in [4.69, 9.17) is 5.11 Å². The minimum atomic E-state index is -1.05. The number of carbonyl (C=O) groups is 2. The molecule has 120 valence electrons. The molecule has 0 spiro atoms. The summed E-state index contributed by atoms with van der Waals surface area (Å²) in [4.78, 5) is 28.9. The lowest BCUT2D eigenvalue weighted by Crippen LogP contribution is -2.50. The van der Waals surface area contributed by atoms with E-state index in [1.54, 1.807) is 11.9 Å². The van der Waals surface area contributed by atoms with E-state index in [0.717, 1.165) is 25.9 Å². The molecule has 0 aromatic carbocycles. The van der Waals surface area contributed by atoms with Gasteiger partial charge in [-0.1, -0.05) is 6.92 Å². The number of aliphatic hydroxyl groups is 1. The molecular formula is C14H25N3O4. The number of hydrogen-bond donors (Lipinski definition) is 2. The van der Waals surface area contributed by atoms with Gasteiger partial charge in [-0.2, -0.15) is 0 Å². The number of aliphatic carboxylic acids is 1. The van der Waals surface area contributed by atoms with Gasteiger partial charge in [0.15, 0.2) is 0 Å². The third kappa shape index (κ3) is 3.47. The number of rotatable bonds is 4. The minimum Gasteiger partial charge on any atom is -0.480 e. The van der Waals surface area contributed by atoms with Gasteiger partial charge < -0.3 is 20.0 Å². The first kappa shape index (κ1) is 16.0. The van der Waals surface area contributed by atoms with Crippen molar-refractivity contribution in [2.45, 2.75) is 44.4 Å². The Morgan fingerprint density at radius 2 is 2.10 bits per heavy atom. The van der Waals surface area contributed by atoms with Crippen LogP contribution in [0.3, 0.4) is 0 Å². The first-order chi connectivity index (χ1) is 9.93. The van der Waals surface area contributed by atoms with Crippen LogP contribution in [0.25, 0.3) is 0 Å². The van der Waals surface area contributed by atoms with Gasteiger partial charge in [-0.05, 0) is 25.9 Å². The molecule has 1 unspecified atom stereocenters. The van der Waals surface area contributed by atoms with Crippen LogP contribution in [0.5, 0.6) is 0 Å². The van der Waals surface area contributed by atoms with Crippen LogP contribution in [0, 0.1) is 0 Å².